The molecule has 0 amide bonds. The van der Waals surface area contributed by atoms with E-state index in [0.29, 0.717) is 0 Å². The predicted molar refractivity (Wildman–Crippen MR) is 84.4 cm³/mol. The summed E-state index contributed by atoms with van der Waals surface area (Å²) in [5, 5.41) is 3.27. The Kier molecular flexibility index (Phi) is 4.39. The molecule has 9 heteroatoms. The van der Waals surface area contributed by atoms with Crippen LogP contribution in [0.1, 0.15) is 18.4 Å². The van der Waals surface area contributed by atoms with E-state index in [1.165, 1.54) is 16.4 Å². The molecule has 0 aromatic heterocycles. The van der Waals surface area contributed by atoms with Gasteiger partial charge in [0.1, 0.15) is 0 Å². The number of halogens is 4. The number of hydrogen-bond acceptors (Lipinski definition) is 3. The Morgan fingerprint density at radius 1 is 1.04 bits per heavy atom. The smallest absolute Gasteiger partial charge is 0.316 e. The summed E-state index contributed by atoms with van der Waals surface area (Å²) in [7, 11) is -4.14. The number of benzene rings is 1. The van der Waals surface area contributed by atoms with Gasteiger partial charge in [0.2, 0.25) is 10.0 Å². The van der Waals surface area contributed by atoms with Gasteiger partial charge in [-0.3, -0.25) is 0 Å². The van der Waals surface area contributed by atoms with Crippen LogP contribution in [0.4, 0.5) is 13.2 Å². The fourth-order valence-electron chi connectivity index (χ4n) is 4.61. The first-order valence-corrected chi connectivity index (χ1v) is 9.16. The molecule has 0 unspecified atom stereocenters. The number of rotatable bonds is 2. The van der Waals surface area contributed by atoms with Crippen molar-refractivity contribution in [3.05, 3.63) is 29.8 Å². The van der Waals surface area contributed by atoms with Crippen LogP contribution in [-0.2, 0) is 16.2 Å². The van der Waals surface area contributed by atoms with Gasteiger partial charge in [0.15, 0.2) is 0 Å². The van der Waals surface area contributed by atoms with Crippen LogP contribution in [0.5, 0.6) is 0 Å². The molecule has 4 nitrogen and oxygen atoms in total. The minimum absolute atomic E-state index is 0. The molecular weight excluding hydrogens is 365 g/mol. The minimum Gasteiger partial charge on any atom is -0.316 e. The Morgan fingerprint density at radius 3 is 2.12 bits per heavy atom. The zero-order chi connectivity index (χ0) is 16.4. The third-order valence-electron chi connectivity index (χ3n) is 5.46. The van der Waals surface area contributed by atoms with Gasteiger partial charge >= 0.3 is 6.18 Å². The fourth-order valence-corrected chi connectivity index (χ4v) is 6.78. The zero-order valence-corrected chi connectivity index (χ0v) is 14.3. The average molecular weight is 383 g/mol. The van der Waals surface area contributed by atoms with Crippen molar-refractivity contribution >= 4 is 22.4 Å². The van der Waals surface area contributed by atoms with Gasteiger partial charge in [0.25, 0.3) is 0 Å². The molecular formula is C15H18ClF3N2O2S. The average Bonchev–Trinajstić information content (AvgIpc) is 3.18. The summed E-state index contributed by atoms with van der Waals surface area (Å²) >= 11 is 0. The first-order chi connectivity index (χ1) is 10.8. The molecule has 1 aromatic carbocycles. The number of alkyl halides is 3. The van der Waals surface area contributed by atoms with Gasteiger partial charge in [0.05, 0.1) is 10.5 Å². The fraction of sp³-hybridized carbons (Fsp3) is 0.600. The maximum Gasteiger partial charge on any atom is 0.417 e. The number of hydrogen-bond donors (Lipinski definition) is 1. The van der Waals surface area contributed by atoms with Crippen LogP contribution in [0.15, 0.2) is 29.2 Å². The molecule has 3 saturated heterocycles. The Balaban J connectivity index is 0.00000169. The number of nitrogens with zero attached hydrogens (tertiary/aromatic N) is 1. The summed E-state index contributed by atoms with van der Waals surface area (Å²) in [5.41, 5.74) is -1.07. The van der Waals surface area contributed by atoms with Crippen LogP contribution in [0.25, 0.3) is 0 Å². The van der Waals surface area contributed by atoms with E-state index in [9.17, 15) is 21.6 Å². The molecule has 3 heterocycles. The molecule has 3 aliphatic rings. The second-order valence-corrected chi connectivity index (χ2v) is 8.34. The normalized spacial score (nSPS) is 32.6. The summed E-state index contributed by atoms with van der Waals surface area (Å²) < 4.78 is 67.0. The summed E-state index contributed by atoms with van der Waals surface area (Å²) in [5.74, 6) is 0.447. The van der Waals surface area contributed by atoms with Gasteiger partial charge in [-0.1, -0.05) is 12.1 Å². The van der Waals surface area contributed by atoms with Gasteiger partial charge in [-0.25, -0.2) is 8.42 Å². The van der Waals surface area contributed by atoms with Gasteiger partial charge in [-0.2, -0.15) is 17.5 Å². The van der Waals surface area contributed by atoms with Crippen molar-refractivity contribution in [2.24, 2.45) is 11.8 Å². The second-order valence-electron chi connectivity index (χ2n) is 6.53. The van der Waals surface area contributed by atoms with E-state index < -0.39 is 26.7 Å². The maximum absolute atomic E-state index is 13.2. The Labute approximate surface area is 144 Å². The van der Waals surface area contributed by atoms with Gasteiger partial charge in [-0.05, 0) is 49.9 Å². The molecule has 1 N–H and O–H groups in total. The summed E-state index contributed by atoms with van der Waals surface area (Å²) in [6.45, 7) is 1.50. The van der Waals surface area contributed by atoms with Crippen molar-refractivity contribution in [3.63, 3.8) is 0 Å². The van der Waals surface area contributed by atoms with E-state index in [1.54, 1.807) is 0 Å². The molecule has 2 bridgehead atoms. The van der Waals surface area contributed by atoms with Crippen LogP contribution >= 0.6 is 12.4 Å². The number of sulfonamides is 1. The molecule has 0 radical (unpaired) electrons. The summed E-state index contributed by atoms with van der Waals surface area (Å²) in [6.07, 6.45) is -3.21. The van der Waals surface area contributed by atoms with E-state index in [2.05, 4.69) is 5.32 Å². The molecule has 134 valence electrons. The van der Waals surface area contributed by atoms with Crippen LogP contribution in [-0.4, -0.2) is 37.9 Å². The van der Waals surface area contributed by atoms with Crippen molar-refractivity contribution in [3.8, 4) is 0 Å². The molecule has 0 spiro atoms. The molecule has 1 aromatic rings. The van der Waals surface area contributed by atoms with Crippen LogP contribution < -0.4 is 5.32 Å². The summed E-state index contributed by atoms with van der Waals surface area (Å²) in [6, 6.07) is 4.14. The molecule has 4 rings (SSSR count). The lowest BCUT2D eigenvalue weighted by Crippen LogP contribution is -2.39. The van der Waals surface area contributed by atoms with Crippen molar-refractivity contribution in [2.45, 2.75) is 36.0 Å². The molecule has 24 heavy (non-hydrogen) atoms. The van der Waals surface area contributed by atoms with Crippen LogP contribution in [0.2, 0.25) is 0 Å². The van der Waals surface area contributed by atoms with Crippen molar-refractivity contribution in [1.82, 2.24) is 9.62 Å². The quantitative estimate of drug-likeness (QED) is 0.855. The highest BCUT2D eigenvalue weighted by molar-refractivity contribution is 7.89. The Hall–Kier alpha value is -0.830. The van der Waals surface area contributed by atoms with Crippen molar-refractivity contribution in [2.75, 3.05) is 13.1 Å². The minimum atomic E-state index is -4.68. The van der Waals surface area contributed by atoms with E-state index >= 15 is 0 Å². The highest BCUT2D eigenvalue weighted by Gasteiger charge is 2.59. The lowest BCUT2D eigenvalue weighted by Gasteiger charge is -2.25. The largest absolute Gasteiger partial charge is 0.417 e. The topological polar surface area (TPSA) is 49.4 Å². The van der Waals surface area contributed by atoms with E-state index in [-0.39, 0.29) is 36.3 Å². The highest BCUT2D eigenvalue weighted by Crippen LogP contribution is 2.50. The molecule has 3 aliphatic heterocycles. The second kappa shape index (κ2) is 5.86. The number of fused-ring (bicyclic) bond motifs is 5. The number of nitrogens with one attached hydrogen (secondary N) is 1. The maximum atomic E-state index is 13.2. The van der Waals surface area contributed by atoms with E-state index in [0.717, 1.165) is 38.1 Å². The van der Waals surface area contributed by atoms with Crippen molar-refractivity contribution in [1.29, 1.82) is 0 Å². The van der Waals surface area contributed by atoms with Crippen molar-refractivity contribution < 1.29 is 21.6 Å². The standard InChI is InChI=1S/C15H17F3N2O2S.ClH/c16-15(17,18)11-3-1-2-4-14(11)23(21,22)20-12-5-6-13(20)10-8-19-7-9(10)12;/h1-4,9-10,12-13,19H,5-8H2;1H/t9-,10+,12-,13+;. The Bertz CT molecular complexity index is 722. The first-order valence-electron chi connectivity index (χ1n) is 7.72. The first kappa shape index (κ1) is 18.0. The molecule has 4 atom stereocenters. The zero-order valence-electron chi connectivity index (χ0n) is 12.7. The summed E-state index contributed by atoms with van der Waals surface area (Å²) in [4.78, 5) is -0.614. The van der Waals surface area contributed by atoms with E-state index in [4.69, 9.17) is 0 Å². The Morgan fingerprint density at radius 2 is 1.58 bits per heavy atom. The van der Waals surface area contributed by atoms with Gasteiger partial charge < -0.3 is 5.32 Å². The highest BCUT2D eigenvalue weighted by atomic mass is 35.5. The molecule has 0 saturated carbocycles. The van der Waals surface area contributed by atoms with Gasteiger partial charge in [0, 0.05) is 12.1 Å². The molecule has 0 aliphatic carbocycles. The van der Waals surface area contributed by atoms with E-state index in [1.807, 2.05) is 0 Å². The molecule has 3 fully saturated rings. The third kappa shape index (κ3) is 2.46. The van der Waals surface area contributed by atoms with Crippen LogP contribution in [0.3, 0.4) is 0 Å². The SMILES string of the molecule is Cl.O=S(=O)(c1ccccc1C(F)(F)F)N1[C@@H]2CC[C@H]1[C@H]1CNC[C@H]12. The lowest BCUT2D eigenvalue weighted by atomic mass is 9.82. The third-order valence-corrected chi connectivity index (χ3v) is 7.47. The van der Waals surface area contributed by atoms with Gasteiger partial charge in [-0.15, -0.1) is 12.4 Å². The predicted octanol–water partition coefficient (Wildman–Crippen LogP) is 2.50. The van der Waals surface area contributed by atoms with Crippen LogP contribution in [0, 0.1) is 11.8 Å². The lowest BCUT2D eigenvalue weighted by molar-refractivity contribution is -0.139. The monoisotopic (exact) mass is 382 g/mol.